The van der Waals surface area contributed by atoms with Crippen LogP contribution in [0.2, 0.25) is 0 Å². The number of benzene rings is 2. The van der Waals surface area contributed by atoms with Crippen molar-refractivity contribution < 1.29 is 8.78 Å². The molecule has 0 N–H and O–H groups in total. The van der Waals surface area contributed by atoms with Gasteiger partial charge in [0.1, 0.15) is 0 Å². The standard InChI is InChI=1S/C19H22F2/c1-3-5-12-6-7-14-10-16-9-13(4-2)18(20)19(21)17(16)11-15(14)8-12/h9-12H,3-8H2,1-2H3. The van der Waals surface area contributed by atoms with Crippen LogP contribution >= 0.6 is 0 Å². The van der Waals surface area contributed by atoms with Crippen LogP contribution in [-0.4, -0.2) is 0 Å². The zero-order valence-corrected chi connectivity index (χ0v) is 12.8. The summed E-state index contributed by atoms with van der Waals surface area (Å²) in [7, 11) is 0. The second kappa shape index (κ2) is 5.75. The molecule has 21 heavy (non-hydrogen) atoms. The summed E-state index contributed by atoms with van der Waals surface area (Å²) in [4.78, 5) is 0. The predicted molar refractivity (Wildman–Crippen MR) is 83.7 cm³/mol. The molecule has 0 fully saturated rings. The first kappa shape index (κ1) is 14.5. The Morgan fingerprint density at radius 1 is 1.05 bits per heavy atom. The molecule has 0 aromatic heterocycles. The Labute approximate surface area is 125 Å². The maximum Gasteiger partial charge on any atom is 0.166 e. The van der Waals surface area contributed by atoms with Crippen LogP contribution in [0.25, 0.3) is 10.8 Å². The summed E-state index contributed by atoms with van der Waals surface area (Å²) in [6.07, 6.45) is 6.23. The summed E-state index contributed by atoms with van der Waals surface area (Å²) in [5, 5.41) is 1.29. The quantitative estimate of drug-likeness (QED) is 0.691. The Morgan fingerprint density at radius 3 is 2.57 bits per heavy atom. The van der Waals surface area contributed by atoms with Gasteiger partial charge in [0, 0.05) is 5.39 Å². The fraction of sp³-hybridized carbons (Fsp3) is 0.474. The highest BCUT2D eigenvalue weighted by atomic mass is 19.2. The van der Waals surface area contributed by atoms with Crippen molar-refractivity contribution >= 4 is 10.8 Å². The largest absolute Gasteiger partial charge is 0.203 e. The first-order valence-electron chi connectivity index (χ1n) is 8.06. The second-order valence-electron chi connectivity index (χ2n) is 6.26. The third kappa shape index (κ3) is 2.56. The topological polar surface area (TPSA) is 0 Å². The van der Waals surface area contributed by atoms with Crippen LogP contribution in [0.3, 0.4) is 0 Å². The normalized spacial score (nSPS) is 18.0. The SMILES string of the molecule is CCCC1CCc2cc3cc(CC)c(F)c(F)c3cc2C1. The molecule has 1 aliphatic carbocycles. The van der Waals surface area contributed by atoms with Gasteiger partial charge in [-0.2, -0.15) is 0 Å². The van der Waals surface area contributed by atoms with Gasteiger partial charge in [-0.05, 0) is 65.8 Å². The van der Waals surface area contributed by atoms with Crippen LogP contribution in [0.15, 0.2) is 18.2 Å². The first-order valence-corrected chi connectivity index (χ1v) is 8.06. The van der Waals surface area contributed by atoms with E-state index in [1.165, 1.54) is 30.4 Å². The van der Waals surface area contributed by atoms with Gasteiger partial charge in [0.2, 0.25) is 0 Å². The molecule has 1 aliphatic rings. The molecule has 2 aromatic carbocycles. The minimum absolute atomic E-state index is 0.445. The third-order valence-corrected chi connectivity index (χ3v) is 4.82. The average molecular weight is 288 g/mol. The van der Waals surface area contributed by atoms with Crippen molar-refractivity contribution in [3.05, 3.63) is 46.5 Å². The second-order valence-corrected chi connectivity index (χ2v) is 6.26. The van der Waals surface area contributed by atoms with Gasteiger partial charge in [-0.3, -0.25) is 0 Å². The van der Waals surface area contributed by atoms with Gasteiger partial charge in [-0.1, -0.05) is 32.8 Å². The summed E-state index contributed by atoms with van der Waals surface area (Å²) >= 11 is 0. The molecule has 0 saturated heterocycles. The van der Waals surface area contributed by atoms with Crippen molar-refractivity contribution in [1.29, 1.82) is 0 Å². The highest BCUT2D eigenvalue weighted by Crippen LogP contribution is 2.33. The van der Waals surface area contributed by atoms with Crippen LogP contribution in [0.1, 0.15) is 49.8 Å². The number of aryl methyl sites for hydroxylation is 2. The summed E-state index contributed by atoms with van der Waals surface area (Å²) < 4.78 is 28.3. The van der Waals surface area contributed by atoms with Gasteiger partial charge in [0.05, 0.1) is 0 Å². The van der Waals surface area contributed by atoms with E-state index in [1.54, 1.807) is 0 Å². The van der Waals surface area contributed by atoms with Gasteiger partial charge in [0.15, 0.2) is 11.6 Å². The maximum absolute atomic E-state index is 14.3. The van der Waals surface area contributed by atoms with Gasteiger partial charge in [-0.15, -0.1) is 0 Å². The molecular weight excluding hydrogens is 266 g/mol. The summed E-state index contributed by atoms with van der Waals surface area (Å²) in [5.74, 6) is -0.654. The lowest BCUT2D eigenvalue weighted by Crippen LogP contribution is -2.14. The smallest absolute Gasteiger partial charge is 0.166 e. The molecule has 112 valence electrons. The van der Waals surface area contributed by atoms with Crippen LogP contribution in [-0.2, 0) is 19.3 Å². The highest BCUT2D eigenvalue weighted by molar-refractivity contribution is 5.85. The zero-order valence-electron chi connectivity index (χ0n) is 12.8. The Balaban J connectivity index is 2.10. The first-order chi connectivity index (χ1) is 10.1. The van der Waals surface area contributed by atoms with Crippen LogP contribution < -0.4 is 0 Å². The minimum atomic E-state index is -0.676. The predicted octanol–water partition coefficient (Wildman–Crippen LogP) is 5.59. The molecule has 2 aromatic rings. The highest BCUT2D eigenvalue weighted by Gasteiger charge is 2.20. The third-order valence-electron chi connectivity index (χ3n) is 4.82. The molecule has 1 unspecified atom stereocenters. The molecule has 0 spiro atoms. The summed E-state index contributed by atoms with van der Waals surface area (Å²) in [6, 6.07) is 5.78. The fourth-order valence-electron chi connectivity index (χ4n) is 3.64. The van der Waals surface area contributed by atoms with Crippen molar-refractivity contribution in [2.75, 3.05) is 0 Å². The van der Waals surface area contributed by atoms with Gasteiger partial charge in [-0.25, -0.2) is 8.78 Å². The van der Waals surface area contributed by atoms with E-state index in [0.717, 1.165) is 18.2 Å². The number of halogens is 2. The summed E-state index contributed by atoms with van der Waals surface area (Å²) in [5.41, 5.74) is 3.01. The van der Waals surface area contributed by atoms with Crippen LogP contribution in [0.4, 0.5) is 8.78 Å². The van der Waals surface area contributed by atoms with Gasteiger partial charge >= 0.3 is 0 Å². The molecule has 3 rings (SSSR count). The number of rotatable bonds is 3. The number of hydrogen-bond acceptors (Lipinski definition) is 0. The lowest BCUT2D eigenvalue weighted by Gasteiger charge is -2.25. The Hall–Kier alpha value is -1.44. The monoisotopic (exact) mass is 288 g/mol. The Kier molecular flexibility index (Phi) is 3.97. The van der Waals surface area contributed by atoms with E-state index in [2.05, 4.69) is 13.0 Å². The van der Waals surface area contributed by atoms with E-state index < -0.39 is 11.6 Å². The molecule has 1 atom stereocenters. The van der Waals surface area contributed by atoms with E-state index in [1.807, 2.05) is 19.1 Å². The minimum Gasteiger partial charge on any atom is -0.203 e. The molecular formula is C19H22F2. The van der Waals surface area contributed by atoms with Crippen molar-refractivity contribution in [1.82, 2.24) is 0 Å². The van der Waals surface area contributed by atoms with Crippen molar-refractivity contribution in [2.45, 2.75) is 52.4 Å². The average Bonchev–Trinajstić information content (AvgIpc) is 2.50. The molecule has 2 heteroatoms. The molecule has 0 saturated carbocycles. The lowest BCUT2D eigenvalue weighted by atomic mass is 9.80. The summed E-state index contributed by atoms with van der Waals surface area (Å²) in [6.45, 7) is 4.06. The maximum atomic E-state index is 14.3. The van der Waals surface area contributed by atoms with E-state index in [-0.39, 0.29) is 0 Å². The Bertz CT molecular complexity index is 673. The van der Waals surface area contributed by atoms with Crippen molar-refractivity contribution in [3.8, 4) is 0 Å². The van der Waals surface area contributed by atoms with Gasteiger partial charge < -0.3 is 0 Å². The zero-order chi connectivity index (χ0) is 15.0. The molecule has 0 bridgehead atoms. The van der Waals surface area contributed by atoms with E-state index >= 15 is 0 Å². The van der Waals surface area contributed by atoms with Crippen LogP contribution in [0.5, 0.6) is 0 Å². The van der Waals surface area contributed by atoms with Crippen molar-refractivity contribution in [3.63, 3.8) is 0 Å². The van der Waals surface area contributed by atoms with E-state index in [0.29, 0.717) is 23.3 Å². The van der Waals surface area contributed by atoms with E-state index in [4.69, 9.17) is 0 Å². The number of hydrogen-bond donors (Lipinski definition) is 0. The molecule has 0 nitrogen and oxygen atoms in total. The molecule has 0 radical (unpaired) electrons. The van der Waals surface area contributed by atoms with Crippen LogP contribution in [0, 0.1) is 17.6 Å². The number of fused-ring (bicyclic) bond motifs is 2. The van der Waals surface area contributed by atoms with Crippen molar-refractivity contribution in [2.24, 2.45) is 5.92 Å². The van der Waals surface area contributed by atoms with Gasteiger partial charge in [0.25, 0.3) is 0 Å². The fourth-order valence-corrected chi connectivity index (χ4v) is 3.64. The molecule has 0 amide bonds. The lowest BCUT2D eigenvalue weighted by molar-refractivity contribution is 0.423. The van der Waals surface area contributed by atoms with E-state index in [9.17, 15) is 8.78 Å². The Morgan fingerprint density at radius 2 is 1.86 bits per heavy atom. The molecule has 0 heterocycles. The molecule has 0 aliphatic heterocycles.